The van der Waals surface area contributed by atoms with Gasteiger partial charge in [0.25, 0.3) is 0 Å². The summed E-state index contributed by atoms with van der Waals surface area (Å²) in [6.07, 6.45) is 1.70. The number of likely N-dealkylation sites (tertiary alicyclic amines) is 1. The van der Waals surface area contributed by atoms with Gasteiger partial charge < -0.3 is 14.5 Å². The number of ether oxygens (including phenoxy) is 1. The largest absolute Gasteiger partial charge is 0.378 e. The van der Waals surface area contributed by atoms with Gasteiger partial charge in [-0.25, -0.2) is 4.63 Å². The summed E-state index contributed by atoms with van der Waals surface area (Å²) in [6, 6.07) is -0.356. The molecule has 0 aliphatic carbocycles. The standard InChI is InChI=1S/C14H20N4O4/c1-10-11(16-22-15-10)9-13(19)18-4-2-3-12(18)14(20)17-5-7-21-8-6-17/h12H,2-9H2,1H3/t12-/m0/s1. The van der Waals surface area contributed by atoms with Gasteiger partial charge in [0.05, 0.1) is 19.6 Å². The molecule has 22 heavy (non-hydrogen) atoms. The van der Waals surface area contributed by atoms with Crippen molar-refractivity contribution in [2.75, 3.05) is 32.8 Å². The number of aryl methyl sites for hydroxylation is 1. The smallest absolute Gasteiger partial charge is 0.245 e. The molecule has 8 nitrogen and oxygen atoms in total. The molecule has 1 aromatic rings. The summed E-state index contributed by atoms with van der Waals surface area (Å²) in [5.41, 5.74) is 1.15. The fourth-order valence-electron chi connectivity index (χ4n) is 2.97. The summed E-state index contributed by atoms with van der Waals surface area (Å²) in [4.78, 5) is 28.6. The lowest BCUT2D eigenvalue weighted by Gasteiger charge is -2.32. The predicted molar refractivity (Wildman–Crippen MR) is 74.9 cm³/mol. The van der Waals surface area contributed by atoms with Crippen molar-refractivity contribution in [1.29, 1.82) is 0 Å². The Morgan fingerprint density at radius 3 is 2.68 bits per heavy atom. The molecule has 0 spiro atoms. The van der Waals surface area contributed by atoms with Crippen molar-refractivity contribution in [2.24, 2.45) is 0 Å². The van der Waals surface area contributed by atoms with Gasteiger partial charge in [0, 0.05) is 19.6 Å². The number of hydrogen-bond acceptors (Lipinski definition) is 6. The number of nitrogens with zero attached hydrogens (tertiary/aromatic N) is 4. The number of rotatable bonds is 3. The van der Waals surface area contributed by atoms with Crippen LogP contribution < -0.4 is 0 Å². The van der Waals surface area contributed by atoms with Crippen LogP contribution in [0.3, 0.4) is 0 Å². The molecule has 2 saturated heterocycles. The highest BCUT2D eigenvalue weighted by Gasteiger charge is 2.37. The molecule has 2 aliphatic heterocycles. The Hall–Kier alpha value is -1.96. The number of aromatic nitrogens is 2. The van der Waals surface area contributed by atoms with E-state index < -0.39 is 0 Å². The van der Waals surface area contributed by atoms with E-state index in [1.807, 2.05) is 0 Å². The first-order chi connectivity index (χ1) is 10.7. The van der Waals surface area contributed by atoms with Gasteiger partial charge in [-0.3, -0.25) is 9.59 Å². The first-order valence-electron chi connectivity index (χ1n) is 7.61. The van der Waals surface area contributed by atoms with Gasteiger partial charge in [-0.05, 0) is 19.8 Å². The average Bonchev–Trinajstić information content (AvgIpc) is 3.17. The van der Waals surface area contributed by atoms with Crippen LogP contribution in [0, 0.1) is 6.92 Å². The predicted octanol–water partition coefficient (Wildman–Crippen LogP) is -0.230. The van der Waals surface area contributed by atoms with Crippen molar-refractivity contribution < 1.29 is 19.0 Å². The number of carbonyl (C=O) groups excluding carboxylic acids is 2. The van der Waals surface area contributed by atoms with Gasteiger partial charge in [0.15, 0.2) is 0 Å². The fraction of sp³-hybridized carbons (Fsp3) is 0.714. The second kappa shape index (κ2) is 6.43. The summed E-state index contributed by atoms with van der Waals surface area (Å²) in [6.45, 7) is 4.70. The number of carbonyl (C=O) groups is 2. The fourth-order valence-corrected chi connectivity index (χ4v) is 2.97. The van der Waals surface area contributed by atoms with Crippen LogP contribution in [0.25, 0.3) is 0 Å². The highest BCUT2D eigenvalue weighted by atomic mass is 16.6. The molecule has 120 valence electrons. The molecule has 1 atom stereocenters. The van der Waals surface area contributed by atoms with E-state index in [0.29, 0.717) is 44.2 Å². The van der Waals surface area contributed by atoms with Crippen molar-refractivity contribution in [1.82, 2.24) is 20.1 Å². The summed E-state index contributed by atoms with van der Waals surface area (Å²) in [7, 11) is 0. The molecule has 0 bridgehead atoms. The quantitative estimate of drug-likeness (QED) is 0.766. The SMILES string of the molecule is Cc1nonc1CC(=O)N1CCC[C@H]1C(=O)N1CCOCC1. The molecule has 0 aromatic carbocycles. The highest BCUT2D eigenvalue weighted by molar-refractivity contribution is 5.89. The van der Waals surface area contributed by atoms with Crippen molar-refractivity contribution in [3.8, 4) is 0 Å². The molecule has 3 heterocycles. The van der Waals surface area contributed by atoms with E-state index >= 15 is 0 Å². The van der Waals surface area contributed by atoms with E-state index in [-0.39, 0.29) is 24.3 Å². The van der Waals surface area contributed by atoms with Crippen LogP contribution in [-0.4, -0.2) is 70.8 Å². The molecule has 2 amide bonds. The molecule has 2 fully saturated rings. The van der Waals surface area contributed by atoms with Gasteiger partial charge >= 0.3 is 0 Å². The van der Waals surface area contributed by atoms with Gasteiger partial charge in [-0.1, -0.05) is 10.3 Å². The zero-order valence-corrected chi connectivity index (χ0v) is 12.7. The van der Waals surface area contributed by atoms with Crippen LogP contribution >= 0.6 is 0 Å². The Morgan fingerprint density at radius 1 is 1.23 bits per heavy atom. The third-order valence-corrected chi connectivity index (χ3v) is 4.25. The van der Waals surface area contributed by atoms with E-state index in [2.05, 4.69) is 14.9 Å². The van der Waals surface area contributed by atoms with Gasteiger partial charge in [-0.15, -0.1) is 0 Å². The molecule has 1 aromatic heterocycles. The summed E-state index contributed by atoms with van der Waals surface area (Å²) in [5, 5.41) is 7.42. The highest BCUT2D eigenvalue weighted by Crippen LogP contribution is 2.21. The van der Waals surface area contributed by atoms with E-state index in [4.69, 9.17) is 4.74 Å². The van der Waals surface area contributed by atoms with Crippen LogP contribution in [0.2, 0.25) is 0 Å². The number of hydrogen-bond donors (Lipinski definition) is 0. The maximum absolute atomic E-state index is 12.6. The minimum Gasteiger partial charge on any atom is -0.378 e. The van der Waals surface area contributed by atoms with E-state index in [1.54, 1.807) is 16.7 Å². The van der Waals surface area contributed by atoms with Gasteiger partial charge in [-0.2, -0.15) is 0 Å². The van der Waals surface area contributed by atoms with Crippen LogP contribution in [0.1, 0.15) is 24.2 Å². The first kappa shape index (κ1) is 15.0. The van der Waals surface area contributed by atoms with Crippen LogP contribution in [0.5, 0.6) is 0 Å². The summed E-state index contributed by atoms with van der Waals surface area (Å²) >= 11 is 0. The van der Waals surface area contributed by atoms with Crippen LogP contribution in [-0.2, 0) is 20.7 Å². The Morgan fingerprint density at radius 2 is 2.00 bits per heavy atom. The Bertz CT molecular complexity index is 553. The third-order valence-electron chi connectivity index (χ3n) is 4.25. The Labute approximate surface area is 128 Å². The Kier molecular flexibility index (Phi) is 4.37. The Balaban J connectivity index is 1.65. The molecular formula is C14H20N4O4. The normalized spacial score (nSPS) is 22.1. The topological polar surface area (TPSA) is 88.8 Å². The zero-order chi connectivity index (χ0) is 15.5. The van der Waals surface area contributed by atoms with Crippen molar-refractivity contribution in [2.45, 2.75) is 32.2 Å². The zero-order valence-electron chi connectivity index (χ0n) is 12.7. The molecule has 2 aliphatic rings. The minimum atomic E-state index is -0.356. The minimum absolute atomic E-state index is 0.0316. The average molecular weight is 308 g/mol. The lowest BCUT2D eigenvalue weighted by atomic mass is 10.1. The van der Waals surface area contributed by atoms with Crippen molar-refractivity contribution in [3.63, 3.8) is 0 Å². The maximum atomic E-state index is 12.6. The maximum Gasteiger partial charge on any atom is 0.245 e. The van der Waals surface area contributed by atoms with Gasteiger partial charge in [0.2, 0.25) is 11.8 Å². The molecule has 8 heteroatoms. The second-order valence-electron chi connectivity index (χ2n) is 5.66. The molecule has 0 unspecified atom stereocenters. The van der Waals surface area contributed by atoms with Crippen LogP contribution in [0.15, 0.2) is 4.63 Å². The molecule has 0 saturated carbocycles. The van der Waals surface area contributed by atoms with E-state index in [9.17, 15) is 9.59 Å². The molecule has 0 N–H and O–H groups in total. The number of morpholine rings is 1. The summed E-state index contributed by atoms with van der Waals surface area (Å²) in [5.74, 6) is -0.0629. The van der Waals surface area contributed by atoms with Gasteiger partial charge in [0.1, 0.15) is 17.4 Å². The first-order valence-corrected chi connectivity index (χ1v) is 7.61. The lowest BCUT2D eigenvalue weighted by Crippen LogP contribution is -2.51. The third kappa shape index (κ3) is 2.96. The number of amides is 2. The van der Waals surface area contributed by atoms with Crippen molar-refractivity contribution >= 4 is 11.8 Å². The summed E-state index contributed by atoms with van der Waals surface area (Å²) < 4.78 is 9.89. The van der Waals surface area contributed by atoms with Crippen LogP contribution in [0.4, 0.5) is 0 Å². The second-order valence-corrected chi connectivity index (χ2v) is 5.66. The monoisotopic (exact) mass is 308 g/mol. The molecule has 3 rings (SSSR count). The van der Waals surface area contributed by atoms with Crippen molar-refractivity contribution in [3.05, 3.63) is 11.4 Å². The lowest BCUT2D eigenvalue weighted by molar-refractivity contribution is -0.146. The van der Waals surface area contributed by atoms with E-state index in [1.165, 1.54) is 0 Å². The molecular weight excluding hydrogens is 288 g/mol. The molecule has 0 radical (unpaired) electrons. The van der Waals surface area contributed by atoms with E-state index in [0.717, 1.165) is 12.8 Å².